The molecule has 1 aliphatic heterocycles. The highest BCUT2D eigenvalue weighted by Crippen LogP contribution is 2.32. The summed E-state index contributed by atoms with van der Waals surface area (Å²) in [4.78, 5) is 13.4. The summed E-state index contributed by atoms with van der Waals surface area (Å²) in [5, 5.41) is 5.29. The van der Waals surface area contributed by atoms with Gasteiger partial charge in [-0.25, -0.2) is 0 Å². The van der Waals surface area contributed by atoms with Gasteiger partial charge in [0.2, 0.25) is 5.91 Å². The molecule has 1 aliphatic rings. The number of fused-ring (bicyclic) bond motifs is 1. The van der Waals surface area contributed by atoms with E-state index in [0.717, 1.165) is 42.6 Å². The van der Waals surface area contributed by atoms with Crippen molar-refractivity contribution < 1.29 is 9.32 Å². The maximum Gasteiger partial charge on any atom is 0.237 e. The van der Waals surface area contributed by atoms with E-state index in [0.29, 0.717) is 5.92 Å². The van der Waals surface area contributed by atoms with Crippen LogP contribution in [0.2, 0.25) is 0 Å². The molecule has 5 heteroatoms. The smallest absolute Gasteiger partial charge is 0.237 e. The van der Waals surface area contributed by atoms with Crippen LogP contribution < -0.4 is 0 Å². The topological polar surface area (TPSA) is 46.3 Å². The van der Waals surface area contributed by atoms with Crippen LogP contribution in [-0.2, 0) is 4.79 Å². The van der Waals surface area contributed by atoms with Gasteiger partial charge in [0.25, 0.3) is 0 Å². The van der Waals surface area contributed by atoms with Crippen LogP contribution in [0, 0.1) is 0 Å². The van der Waals surface area contributed by atoms with Crippen LogP contribution in [0.15, 0.2) is 28.8 Å². The number of hydrogen-bond acceptors (Lipinski definition) is 3. The second kappa shape index (κ2) is 5.21. The molecular weight excluding hydrogens is 264 g/mol. The molecule has 0 aliphatic carbocycles. The molecule has 4 nitrogen and oxygen atoms in total. The number of alkyl halides is 1. The molecule has 2 heterocycles. The zero-order chi connectivity index (χ0) is 13.2. The monoisotopic (exact) mass is 278 g/mol. The van der Waals surface area contributed by atoms with E-state index in [-0.39, 0.29) is 11.8 Å². The van der Waals surface area contributed by atoms with Crippen molar-refractivity contribution in [2.75, 3.05) is 19.0 Å². The summed E-state index contributed by atoms with van der Waals surface area (Å²) in [5.74, 6) is 0.450. The number of hydrogen-bond donors (Lipinski definition) is 0. The lowest BCUT2D eigenvalue weighted by Gasteiger charge is -2.30. The van der Waals surface area contributed by atoms with Crippen molar-refractivity contribution in [2.24, 2.45) is 0 Å². The number of carbonyl (C=O) groups is 1. The van der Waals surface area contributed by atoms with Gasteiger partial charge in [0.05, 0.1) is 5.69 Å². The molecule has 1 amide bonds. The summed E-state index contributed by atoms with van der Waals surface area (Å²) < 4.78 is 5.35. The normalized spacial score (nSPS) is 17.0. The Labute approximate surface area is 116 Å². The molecule has 19 heavy (non-hydrogen) atoms. The predicted molar refractivity (Wildman–Crippen MR) is 73.3 cm³/mol. The van der Waals surface area contributed by atoms with E-state index >= 15 is 0 Å². The Hall–Kier alpha value is -1.55. The lowest BCUT2D eigenvalue weighted by Crippen LogP contribution is -2.38. The molecule has 0 bridgehead atoms. The molecule has 0 N–H and O–H groups in total. The number of para-hydroxylation sites is 1. The second-order valence-electron chi connectivity index (χ2n) is 4.85. The van der Waals surface area contributed by atoms with Crippen LogP contribution >= 0.6 is 11.6 Å². The Morgan fingerprint density at radius 2 is 2.11 bits per heavy atom. The molecule has 0 spiro atoms. The van der Waals surface area contributed by atoms with Crippen molar-refractivity contribution in [3.05, 3.63) is 30.0 Å². The first-order valence-corrected chi connectivity index (χ1v) is 7.01. The van der Waals surface area contributed by atoms with Gasteiger partial charge in [0.15, 0.2) is 5.58 Å². The van der Waals surface area contributed by atoms with Gasteiger partial charge >= 0.3 is 0 Å². The molecular formula is C14H15ClN2O2. The van der Waals surface area contributed by atoms with Crippen molar-refractivity contribution in [3.8, 4) is 0 Å². The highest BCUT2D eigenvalue weighted by atomic mass is 35.5. The zero-order valence-corrected chi connectivity index (χ0v) is 11.3. The summed E-state index contributed by atoms with van der Waals surface area (Å²) >= 11 is 5.58. The fourth-order valence-electron chi connectivity index (χ4n) is 2.69. The average molecular weight is 279 g/mol. The molecule has 2 aromatic rings. The second-order valence-corrected chi connectivity index (χ2v) is 5.12. The zero-order valence-electron chi connectivity index (χ0n) is 10.5. The number of rotatable bonds is 2. The van der Waals surface area contributed by atoms with E-state index in [1.54, 1.807) is 0 Å². The van der Waals surface area contributed by atoms with Gasteiger partial charge in [-0.2, -0.15) is 0 Å². The van der Waals surface area contributed by atoms with Gasteiger partial charge in [-0.15, -0.1) is 11.6 Å². The van der Waals surface area contributed by atoms with Gasteiger partial charge in [0.1, 0.15) is 5.88 Å². The molecule has 100 valence electrons. The molecule has 0 unspecified atom stereocenters. The largest absolute Gasteiger partial charge is 0.356 e. The third kappa shape index (κ3) is 2.32. The minimum absolute atomic E-state index is 0.0186. The fourth-order valence-corrected chi connectivity index (χ4v) is 2.86. The van der Waals surface area contributed by atoms with E-state index in [4.69, 9.17) is 16.1 Å². The molecule has 3 rings (SSSR count). The molecule has 1 aromatic carbocycles. The lowest BCUT2D eigenvalue weighted by molar-refractivity contribution is -0.129. The Morgan fingerprint density at radius 1 is 1.37 bits per heavy atom. The van der Waals surface area contributed by atoms with Crippen molar-refractivity contribution in [3.63, 3.8) is 0 Å². The standard InChI is InChI=1S/C14H15ClN2O2/c15-9-13(18)17-7-5-10(6-8-17)14-11-3-1-2-4-12(11)19-16-14/h1-4,10H,5-9H2. The first-order valence-electron chi connectivity index (χ1n) is 6.47. The lowest BCUT2D eigenvalue weighted by atomic mass is 9.91. The number of piperidine rings is 1. The molecule has 0 saturated carbocycles. The van der Waals surface area contributed by atoms with E-state index in [9.17, 15) is 4.79 Å². The fraction of sp³-hybridized carbons (Fsp3) is 0.429. The number of halogens is 1. The van der Waals surface area contributed by atoms with E-state index in [2.05, 4.69) is 5.16 Å². The average Bonchev–Trinajstić information content (AvgIpc) is 2.90. The molecule has 0 radical (unpaired) electrons. The van der Waals surface area contributed by atoms with E-state index in [1.807, 2.05) is 29.2 Å². The first-order chi connectivity index (χ1) is 9.29. The van der Waals surface area contributed by atoms with Crippen LogP contribution in [0.4, 0.5) is 0 Å². The van der Waals surface area contributed by atoms with Crippen molar-refractivity contribution >= 4 is 28.5 Å². The Bertz CT molecular complexity index is 588. The van der Waals surface area contributed by atoms with Crippen molar-refractivity contribution in [1.82, 2.24) is 10.1 Å². The highest BCUT2D eigenvalue weighted by Gasteiger charge is 2.26. The van der Waals surface area contributed by atoms with Gasteiger partial charge in [-0.1, -0.05) is 17.3 Å². The third-order valence-electron chi connectivity index (χ3n) is 3.75. The van der Waals surface area contributed by atoms with Crippen LogP contribution in [0.3, 0.4) is 0 Å². The molecule has 1 fully saturated rings. The molecule has 0 atom stereocenters. The van der Waals surface area contributed by atoms with Gasteiger partial charge in [-0.05, 0) is 25.0 Å². The Balaban J connectivity index is 1.77. The summed E-state index contributed by atoms with van der Waals surface area (Å²) in [6, 6.07) is 7.91. The predicted octanol–water partition coefficient (Wildman–Crippen LogP) is 2.77. The first kappa shape index (κ1) is 12.5. The number of benzene rings is 1. The number of likely N-dealkylation sites (tertiary alicyclic amines) is 1. The quantitative estimate of drug-likeness (QED) is 0.794. The Kier molecular flexibility index (Phi) is 3.42. The van der Waals surface area contributed by atoms with Crippen molar-refractivity contribution in [2.45, 2.75) is 18.8 Å². The van der Waals surface area contributed by atoms with Crippen LogP contribution in [-0.4, -0.2) is 34.9 Å². The van der Waals surface area contributed by atoms with Crippen LogP contribution in [0.5, 0.6) is 0 Å². The number of amides is 1. The number of nitrogens with zero attached hydrogens (tertiary/aromatic N) is 2. The van der Waals surface area contributed by atoms with E-state index < -0.39 is 0 Å². The van der Waals surface area contributed by atoms with Crippen molar-refractivity contribution in [1.29, 1.82) is 0 Å². The maximum atomic E-state index is 11.5. The molecule has 1 saturated heterocycles. The summed E-state index contributed by atoms with van der Waals surface area (Å²) in [5.41, 5.74) is 1.85. The SMILES string of the molecule is O=C(CCl)N1CCC(c2noc3ccccc23)CC1. The van der Waals surface area contributed by atoms with Gasteiger partial charge < -0.3 is 9.42 Å². The van der Waals surface area contributed by atoms with Gasteiger partial charge in [0, 0.05) is 24.4 Å². The summed E-state index contributed by atoms with van der Waals surface area (Å²) in [6.07, 6.45) is 1.83. The minimum atomic E-state index is 0.0186. The van der Waals surface area contributed by atoms with Crippen LogP contribution in [0.1, 0.15) is 24.5 Å². The third-order valence-corrected chi connectivity index (χ3v) is 3.98. The highest BCUT2D eigenvalue weighted by molar-refractivity contribution is 6.27. The maximum absolute atomic E-state index is 11.5. The number of aromatic nitrogens is 1. The van der Waals surface area contributed by atoms with Crippen LogP contribution in [0.25, 0.3) is 11.0 Å². The summed E-state index contributed by atoms with van der Waals surface area (Å²) in [7, 11) is 0. The minimum Gasteiger partial charge on any atom is -0.356 e. The van der Waals surface area contributed by atoms with Gasteiger partial charge in [-0.3, -0.25) is 4.79 Å². The summed E-state index contributed by atoms with van der Waals surface area (Å²) in [6.45, 7) is 1.49. The number of carbonyl (C=O) groups excluding carboxylic acids is 1. The Morgan fingerprint density at radius 3 is 2.84 bits per heavy atom. The van der Waals surface area contributed by atoms with E-state index in [1.165, 1.54) is 0 Å². The molecule has 1 aromatic heterocycles.